The summed E-state index contributed by atoms with van der Waals surface area (Å²) < 4.78 is 0. The monoisotopic (exact) mass is 404 g/mol. The fourth-order valence-electron chi connectivity index (χ4n) is 2.54. The number of hydrogen-bond donors (Lipinski definition) is 0. The first-order valence-electron chi connectivity index (χ1n) is 8.34. The van der Waals surface area contributed by atoms with Gasteiger partial charge in [-0.2, -0.15) is 0 Å². The Morgan fingerprint density at radius 3 is 2.48 bits per heavy atom. The van der Waals surface area contributed by atoms with E-state index in [4.69, 9.17) is 28.0 Å². The van der Waals surface area contributed by atoms with E-state index < -0.39 is 11.4 Å². The van der Waals surface area contributed by atoms with E-state index >= 15 is 0 Å². The first-order valence-corrected chi connectivity index (χ1v) is 9.26. The van der Waals surface area contributed by atoms with Crippen molar-refractivity contribution < 1.29 is 14.4 Å². The molecule has 7 heteroatoms. The van der Waals surface area contributed by atoms with E-state index in [-0.39, 0.29) is 17.5 Å². The highest BCUT2D eigenvalue weighted by molar-refractivity contribution is 6.54. The molecule has 1 aliphatic heterocycles. The lowest BCUT2D eigenvalue weighted by Crippen LogP contribution is -2.31. The molecule has 0 bridgehead atoms. The number of para-hydroxylation sites is 1. The zero-order chi connectivity index (χ0) is 19.6. The number of rotatable bonds is 5. The van der Waals surface area contributed by atoms with Crippen LogP contribution in [0.25, 0.3) is 0 Å². The van der Waals surface area contributed by atoms with Crippen LogP contribution in [0.4, 0.5) is 5.69 Å². The maximum absolute atomic E-state index is 12.9. The van der Waals surface area contributed by atoms with Crippen LogP contribution in [-0.4, -0.2) is 23.5 Å². The van der Waals surface area contributed by atoms with E-state index in [1.165, 1.54) is 0 Å². The summed E-state index contributed by atoms with van der Waals surface area (Å²) in [5, 5.41) is 4.49. The van der Waals surface area contributed by atoms with Crippen LogP contribution in [0.2, 0.25) is 5.02 Å². The Balaban J connectivity index is 1.89. The molecule has 0 atom stereocenters. The zero-order valence-electron chi connectivity index (χ0n) is 14.9. The van der Waals surface area contributed by atoms with Gasteiger partial charge in [0.25, 0.3) is 5.91 Å². The van der Waals surface area contributed by atoms with Gasteiger partial charge < -0.3 is 9.74 Å². The molecule has 1 heterocycles. The van der Waals surface area contributed by atoms with E-state index in [1.54, 1.807) is 43.0 Å². The zero-order valence-corrected chi connectivity index (χ0v) is 16.4. The molecule has 0 saturated carbocycles. The highest BCUT2D eigenvalue weighted by Crippen LogP contribution is 2.31. The predicted octanol–water partition coefficient (Wildman–Crippen LogP) is 4.40. The summed E-state index contributed by atoms with van der Waals surface area (Å²) in [6.07, 6.45) is 0. The van der Waals surface area contributed by atoms with Gasteiger partial charge in [0.1, 0.15) is 0 Å². The van der Waals surface area contributed by atoms with Crippen LogP contribution in [-0.2, 0) is 21.0 Å². The van der Waals surface area contributed by atoms with Gasteiger partial charge in [0.05, 0.1) is 17.6 Å². The van der Waals surface area contributed by atoms with Crippen LogP contribution in [0, 0.1) is 5.41 Å². The molecule has 1 aliphatic rings. The van der Waals surface area contributed by atoms with Crippen molar-refractivity contribution in [3.8, 4) is 0 Å². The highest BCUT2D eigenvalue weighted by atomic mass is 35.5. The van der Waals surface area contributed by atoms with Crippen LogP contribution >= 0.6 is 23.2 Å². The number of oxime groups is 1. The van der Waals surface area contributed by atoms with Gasteiger partial charge >= 0.3 is 5.97 Å². The number of amides is 1. The first kappa shape index (κ1) is 19.4. The minimum atomic E-state index is -0.893. The Labute approximate surface area is 167 Å². The second-order valence-corrected chi connectivity index (χ2v) is 7.57. The average Bonchev–Trinajstić information content (AvgIpc) is 2.93. The number of anilines is 1. The van der Waals surface area contributed by atoms with Crippen molar-refractivity contribution >= 4 is 46.5 Å². The summed E-state index contributed by atoms with van der Waals surface area (Å²) >= 11 is 11.7. The molecule has 27 heavy (non-hydrogen) atoms. The third kappa shape index (κ3) is 3.99. The van der Waals surface area contributed by atoms with E-state index in [2.05, 4.69) is 5.16 Å². The fourth-order valence-corrected chi connectivity index (χ4v) is 2.78. The Bertz CT molecular complexity index is 908. The van der Waals surface area contributed by atoms with E-state index in [9.17, 15) is 9.59 Å². The molecular weight excluding hydrogens is 387 g/mol. The van der Waals surface area contributed by atoms with E-state index in [1.807, 2.05) is 24.3 Å². The molecule has 0 spiro atoms. The van der Waals surface area contributed by atoms with Crippen molar-refractivity contribution in [3.05, 3.63) is 64.7 Å². The number of carbonyl (C=O) groups is 2. The Kier molecular flexibility index (Phi) is 5.53. The van der Waals surface area contributed by atoms with Gasteiger partial charge in [-0.15, -0.1) is 11.6 Å². The van der Waals surface area contributed by atoms with Gasteiger partial charge in [-0.1, -0.05) is 47.1 Å². The number of carbonyl (C=O) groups excluding carboxylic acids is 2. The van der Waals surface area contributed by atoms with Crippen molar-refractivity contribution in [2.45, 2.75) is 20.4 Å². The lowest BCUT2D eigenvalue weighted by molar-refractivity contribution is -0.152. The number of halogens is 2. The quantitative estimate of drug-likeness (QED) is 0.421. The summed E-state index contributed by atoms with van der Waals surface area (Å²) in [5.41, 5.74) is 1.45. The summed E-state index contributed by atoms with van der Waals surface area (Å²) in [6, 6.07) is 14.5. The summed E-state index contributed by atoms with van der Waals surface area (Å²) in [7, 11) is 0. The Hall–Kier alpha value is -2.37. The minimum absolute atomic E-state index is 0.0872. The lowest BCUT2D eigenvalue weighted by Gasteiger charge is -2.17. The van der Waals surface area contributed by atoms with Crippen LogP contribution in [0.15, 0.2) is 53.7 Å². The molecule has 1 amide bonds. The van der Waals surface area contributed by atoms with Crippen LogP contribution < -0.4 is 4.90 Å². The predicted molar refractivity (Wildman–Crippen MR) is 106 cm³/mol. The summed E-state index contributed by atoms with van der Waals surface area (Å²) in [4.78, 5) is 31.7. The minimum Gasteiger partial charge on any atom is -0.317 e. The molecule has 0 saturated heterocycles. The number of alkyl halides is 1. The Morgan fingerprint density at radius 2 is 1.81 bits per heavy atom. The molecular formula is C20H18Cl2N2O3. The van der Waals surface area contributed by atoms with Gasteiger partial charge in [0, 0.05) is 16.5 Å². The Morgan fingerprint density at radius 1 is 1.15 bits per heavy atom. The number of fused-ring (bicyclic) bond motifs is 1. The topological polar surface area (TPSA) is 59.0 Å². The molecule has 0 unspecified atom stereocenters. The molecule has 0 aromatic heterocycles. The lowest BCUT2D eigenvalue weighted by atomic mass is 9.97. The fraction of sp³-hybridized carbons (Fsp3) is 0.250. The molecule has 5 nitrogen and oxygen atoms in total. The van der Waals surface area contributed by atoms with Crippen LogP contribution in [0.1, 0.15) is 25.0 Å². The largest absolute Gasteiger partial charge is 0.341 e. The van der Waals surface area contributed by atoms with Crippen molar-refractivity contribution in [2.75, 3.05) is 10.8 Å². The van der Waals surface area contributed by atoms with Gasteiger partial charge in [-0.25, -0.2) is 4.79 Å². The van der Waals surface area contributed by atoms with Gasteiger partial charge in [-0.05, 0) is 37.6 Å². The van der Waals surface area contributed by atoms with Gasteiger partial charge in [0.15, 0.2) is 5.71 Å². The maximum Gasteiger partial charge on any atom is 0.341 e. The third-order valence-corrected chi connectivity index (χ3v) is 5.18. The van der Waals surface area contributed by atoms with Crippen LogP contribution in [0.3, 0.4) is 0 Å². The van der Waals surface area contributed by atoms with Gasteiger partial charge in [-0.3, -0.25) is 4.79 Å². The van der Waals surface area contributed by atoms with Crippen molar-refractivity contribution in [1.82, 2.24) is 0 Å². The first-order chi connectivity index (χ1) is 12.8. The number of nitrogens with zero attached hydrogens (tertiary/aromatic N) is 2. The molecule has 2 aromatic rings. The van der Waals surface area contributed by atoms with Gasteiger partial charge in [0.2, 0.25) is 0 Å². The molecule has 140 valence electrons. The molecule has 0 radical (unpaired) electrons. The van der Waals surface area contributed by atoms with Crippen molar-refractivity contribution in [1.29, 1.82) is 0 Å². The molecule has 0 fully saturated rings. The molecule has 3 rings (SSSR count). The SMILES string of the molecule is CC(C)(CCl)C(=O)ON=C1C(=O)N(Cc2ccc(Cl)cc2)c2ccccc21. The number of benzene rings is 2. The molecule has 0 aliphatic carbocycles. The molecule has 2 aromatic carbocycles. The molecule has 0 N–H and O–H groups in total. The highest BCUT2D eigenvalue weighted by Gasteiger charge is 2.35. The normalized spacial score (nSPS) is 15.2. The second kappa shape index (κ2) is 7.71. The van der Waals surface area contributed by atoms with Crippen molar-refractivity contribution in [3.63, 3.8) is 0 Å². The number of hydrogen-bond acceptors (Lipinski definition) is 4. The summed E-state index contributed by atoms with van der Waals surface area (Å²) in [6.45, 7) is 3.66. The third-order valence-electron chi connectivity index (χ3n) is 4.26. The smallest absolute Gasteiger partial charge is 0.317 e. The maximum atomic E-state index is 12.9. The van der Waals surface area contributed by atoms with Crippen LogP contribution in [0.5, 0.6) is 0 Å². The summed E-state index contributed by atoms with van der Waals surface area (Å²) in [5.74, 6) is -0.835. The van der Waals surface area contributed by atoms with E-state index in [0.717, 1.165) is 5.56 Å². The van der Waals surface area contributed by atoms with E-state index in [0.29, 0.717) is 22.8 Å². The van der Waals surface area contributed by atoms with Crippen molar-refractivity contribution in [2.24, 2.45) is 10.6 Å². The second-order valence-electron chi connectivity index (χ2n) is 6.87. The average molecular weight is 405 g/mol. The standard InChI is InChI=1S/C20H18Cl2N2O3/c1-20(2,12-21)19(26)27-23-17-15-5-3-4-6-16(15)24(18(17)25)11-13-7-9-14(22)10-8-13/h3-10H,11-12H2,1-2H3.